The van der Waals surface area contributed by atoms with Gasteiger partial charge in [-0.3, -0.25) is 9.59 Å². The molecule has 1 aromatic heterocycles. The van der Waals surface area contributed by atoms with Gasteiger partial charge in [0, 0.05) is 25.0 Å². The second-order valence-electron chi connectivity index (χ2n) is 2.98. The molecule has 1 aromatic rings. The molecule has 0 aromatic carbocycles. The van der Waals surface area contributed by atoms with Gasteiger partial charge in [-0.1, -0.05) is 0 Å². The van der Waals surface area contributed by atoms with Crippen LogP contribution in [0.4, 0.5) is 0 Å². The Morgan fingerprint density at radius 1 is 1.07 bits per heavy atom. The van der Waals surface area contributed by atoms with Gasteiger partial charge in [-0.05, 0) is 0 Å². The Morgan fingerprint density at radius 2 is 1.47 bits per heavy atom. The maximum absolute atomic E-state index is 10.6. The molecule has 0 bridgehead atoms. The van der Waals surface area contributed by atoms with E-state index in [1.807, 2.05) is 0 Å². The Morgan fingerprint density at radius 3 is 1.80 bits per heavy atom. The van der Waals surface area contributed by atoms with Crippen molar-refractivity contribution in [3.63, 3.8) is 0 Å². The second-order valence-corrected chi connectivity index (χ2v) is 2.98. The first kappa shape index (κ1) is 11.3. The van der Waals surface area contributed by atoms with Gasteiger partial charge in [0.05, 0.1) is 12.5 Å². The average Bonchev–Trinajstić information content (AvgIpc) is 2.58. The quantitative estimate of drug-likeness (QED) is 0.706. The smallest absolute Gasteiger partial charge is 0.302 e. The molecule has 5 heteroatoms. The maximum atomic E-state index is 10.6. The van der Waals surface area contributed by atoms with Crippen molar-refractivity contribution in [1.82, 2.24) is 0 Å². The van der Waals surface area contributed by atoms with Crippen molar-refractivity contribution in [2.24, 2.45) is 0 Å². The Bertz CT molecular complexity index is 320. The molecule has 0 atom stereocenters. The van der Waals surface area contributed by atoms with Crippen molar-refractivity contribution in [2.45, 2.75) is 27.1 Å². The molecule has 0 N–H and O–H groups in total. The van der Waals surface area contributed by atoms with Crippen LogP contribution in [0.1, 0.15) is 25.0 Å². The highest BCUT2D eigenvalue weighted by Crippen LogP contribution is 2.13. The minimum atomic E-state index is -0.366. The van der Waals surface area contributed by atoms with Crippen LogP contribution in [0.3, 0.4) is 0 Å². The first-order chi connectivity index (χ1) is 7.09. The van der Waals surface area contributed by atoms with Gasteiger partial charge in [-0.2, -0.15) is 0 Å². The number of furan rings is 1. The van der Waals surface area contributed by atoms with Crippen LogP contribution in [0, 0.1) is 0 Å². The van der Waals surface area contributed by atoms with Crippen molar-refractivity contribution in [3.8, 4) is 0 Å². The van der Waals surface area contributed by atoms with Gasteiger partial charge in [-0.25, -0.2) is 0 Å². The van der Waals surface area contributed by atoms with Gasteiger partial charge in [0.2, 0.25) is 0 Å². The van der Waals surface area contributed by atoms with Gasteiger partial charge >= 0.3 is 11.9 Å². The van der Waals surface area contributed by atoms with Crippen molar-refractivity contribution in [1.29, 1.82) is 0 Å². The molecule has 0 saturated carbocycles. The highest BCUT2D eigenvalue weighted by atomic mass is 16.5. The van der Waals surface area contributed by atoms with E-state index in [2.05, 4.69) is 0 Å². The fourth-order valence-corrected chi connectivity index (χ4v) is 0.962. The van der Waals surface area contributed by atoms with Crippen molar-refractivity contribution >= 4 is 11.9 Å². The summed E-state index contributed by atoms with van der Waals surface area (Å²) in [6, 6.07) is 0. The molecule has 0 spiro atoms. The Hall–Kier alpha value is -1.78. The SMILES string of the molecule is CC(=O)OCc1cocc1COC(C)=O. The molecule has 0 aliphatic heterocycles. The third-order valence-electron chi connectivity index (χ3n) is 1.69. The van der Waals surface area contributed by atoms with E-state index in [0.29, 0.717) is 11.1 Å². The zero-order valence-corrected chi connectivity index (χ0v) is 8.61. The van der Waals surface area contributed by atoms with Crippen molar-refractivity contribution < 1.29 is 23.5 Å². The highest BCUT2D eigenvalue weighted by Gasteiger charge is 2.08. The first-order valence-electron chi connectivity index (χ1n) is 4.40. The van der Waals surface area contributed by atoms with Crippen LogP contribution in [0.15, 0.2) is 16.9 Å². The number of esters is 2. The summed E-state index contributed by atoms with van der Waals surface area (Å²) in [5.74, 6) is -0.732. The summed E-state index contributed by atoms with van der Waals surface area (Å²) in [4.78, 5) is 21.2. The lowest BCUT2D eigenvalue weighted by atomic mass is 10.2. The van der Waals surface area contributed by atoms with Crippen molar-refractivity contribution in [2.75, 3.05) is 0 Å². The van der Waals surface area contributed by atoms with Gasteiger partial charge in [0.1, 0.15) is 13.2 Å². The molecule has 1 rings (SSSR count). The van der Waals surface area contributed by atoms with E-state index < -0.39 is 0 Å². The Labute approximate surface area is 87.0 Å². The molecule has 0 amide bonds. The zero-order chi connectivity index (χ0) is 11.3. The molecule has 0 fully saturated rings. The van der Waals surface area contributed by atoms with Gasteiger partial charge in [-0.15, -0.1) is 0 Å². The molecule has 1 heterocycles. The van der Waals surface area contributed by atoms with Crippen LogP contribution in [0.2, 0.25) is 0 Å². The molecule has 0 aliphatic rings. The molecule has 0 radical (unpaired) electrons. The molecule has 5 nitrogen and oxygen atoms in total. The zero-order valence-electron chi connectivity index (χ0n) is 8.61. The van der Waals surface area contributed by atoms with Gasteiger partial charge < -0.3 is 13.9 Å². The van der Waals surface area contributed by atoms with E-state index in [0.717, 1.165) is 0 Å². The minimum Gasteiger partial charge on any atom is -0.472 e. The molecule has 0 unspecified atom stereocenters. The number of ether oxygens (including phenoxy) is 2. The van der Waals surface area contributed by atoms with Crippen LogP contribution in [-0.2, 0) is 32.3 Å². The van der Waals surface area contributed by atoms with Crippen LogP contribution < -0.4 is 0 Å². The van der Waals surface area contributed by atoms with E-state index in [-0.39, 0.29) is 25.2 Å². The van der Waals surface area contributed by atoms with Crippen LogP contribution >= 0.6 is 0 Å². The fourth-order valence-electron chi connectivity index (χ4n) is 0.962. The number of rotatable bonds is 4. The third kappa shape index (κ3) is 3.84. The number of hydrogen-bond acceptors (Lipinski definition) is 5. The van der Waals surface area contributed by atoms with E-state index >= 15 is 0 Å². The number of carbonyl (C=O) groups is 2. The summed E-state index contributed by atoms with van der Waals surface area (Å²) in [6.45, 7) is 2.91. The van der Waals surface area contributed by atoms with Crippen LogP contribution in [0.5, 0.6) is 0 Å². The molecular formula is C10H12O5. The van der Waals surface area contributed by atoms with Gasteiger partial charge in [0.25, 0.3) is 0 Å². The lowest BCUT2D eigenvalue weighted by Crippen LogP contribution is -2.03. The van der Waals surface area contributed by atoms with Crippen molar-refractivity contribution in [3.05, 3.63) is 23.7 Å². The topological polar surface area (TPSA) is 65.7 Å². The predicted molar refractivity (Wildman–Crippen MR) is 49.6 cm³/mol. The standard InChI is InChI=1S/C10H12O5/c1-7(11)14-5-9-3-13-4-10(9)6-15-8(2)12/h3-4H,5-6H2,1-2H3. The monoisotopic (exact) mass is 212 g/mol. The molecule has 0 aliphatic carbocycles. The average molecular weight is 212 g/mol. The van der Waals surface area contributed by atoms with E-state index in [9.17, 15) is 9.59 Å². The van der Waals surface area contributed by atoms with Gasteiger partial charge in [0.15, 0.2) is 0 Å². The summed E-state index contributed by atoms with van der Waals surface area (Å²) < 4.78 is 14.5. The molecule has 15 heavy (non-hydrogen) atoms. The van der Waals surface area contributed by atoms with Crippen LogP contribution in [-0.4, -0.2) is 11.9 Å². The summed E-state index contributed by atoms with van der Waals surface area (Å²) in [7, 11) is 0. The Kier molecular flexibility index (Phi) is 3.91. The van der Waals surface area contributed by atoms with Crippen LogP contribution in [0.25, 0.3) is 0 Å². The lowest BCUT2D eigenvalue weighted by molar-refractivity contribution is -0.143. The predicted octanol–water partition coefficient (Wildman–Crippen LogP) is 1.41. The molecule has 82 valence electrons. The van der Waals surface area contributed by atoms with E-state index in [1.165, 1.54) is 26.4 Å². The Balaban J connectivity index is 2.53. The number of carbonyl (C=O) groups excluding carboxylic acids is 2. The van der Waals surface area contributed by atoms with E-state index in [4.69, 9.17) is 13.9 Å². The normalized spacial score (nSPS) is 9.73. The lowest BCUT2D eigenvalue weighted by Gasteiger charge is -2.03. The fraction of sp³-hybridized carbons (Fsp3) is 0.400. The summed E-state index contributed by atoms with van der Waals surface area (Å²) >= 11 is 0. The molecule has 0 saturated heterocycles. The number of hydrogen-bond donors (Lipinski definition) is 0. The summed E-state index contributed by atoms with van der Waals surface area (Å²) in [5.41, 5.74) is 1.40. The largest absolute Gasteiger partial charge is 0.472 e. The minimum absolute atomic E-state index is 0.127. The maximum Gasteiger partial charge on any atom is 0.302 e. The van der Waals surface area contributed by atoms with E-state index in [1.54, 1.807) is 0 Å². The molecular weight excluding hydrogens is 200 g/mol. The summed E-state index contributed by atoms with van der Waals surface area (Å²) in [6.07, 6.45) is 2.92. The first-order valence-corrected chi connectivity index (χ1v) is 4.40. The highest BCUT2D eigenvalue weighted by molar-refractivity contribution is 5.66. The second kappa shape index (κ2) is 5.19. The third-order valence-corrected chi connectivity index (χ3v) is 1.69. The summed E-state index contributed by atoms with van der Waals surface area (Å²) in [5, 5.41) is 0.